The molecule has 0 saturated carbocycles. The van der Waals surface area contributed by atoms with Crippen LogP contribution in [0.1, 0.15) is 52.4 Å². The highest BCUT2D eigenvalue weighted by Crippen LogP contribution is 2.43. The number of nitrogens with two attached hydrogens (primary N) is 2. The van der Waals surface area contributed by atoms with Gasteiger partial charge in [-0.15, -0.1) is 0 Å². The van der Waals surface area contributed by atoms with E-state index in [-0.39, 0.29) is 5.41 Å². The van der Waals surface area contributed by atoms with Crippen molar-refractivity contribution in [1.82, 2.24) is 0 Å². The van der Waals surface area contributed by atoms with E-state index in [1.54, 1.807) is 0 Å². The van der Waals surface area contributed by atoms with E-state index in [2.05, 4.69) is 47.9 Å². The SMILES string of the molecule is CC(C)(C1CCCCN1c1ccc(N)cc1)C1CCCCN1c1ccc(N)cc1. The predicted octanol–water partition coefficient (Wildman–Crippen LogP) is 5.30. The first-order valence-corrected chi connectivity index (χ1v) is 11.2. The molecule has 0 bridgehead atoms. The lowest BCUT2D eigenvalue weighted by Gasteiger charge is -2.54. The highest BCUT2D eigenvalue weighted by Gasteiger charge is 2.44. The Morgan fingerprint density at radius 2 is 1.03 bits per heavy atom. The van der Waals surface area contributed by atoms with E-state index in [0.717, 1.165) is 24.5 Å². The Morgan fingerprint density at radius 1 is 0.655 bits per heavy atom. The van der Waals surface area contributed by atoms with Crippen molar-refractivity contribution < 1.29 is 0 Å². The van der Waals surface area contributed by atoms with Crippen molar-refractivity contribution in [2.75, 3.05) is 34.4 Å². The summed E-state index contributed by atoms with van der Waals surface area (Å²) in [6.07, 6.45) is 7.67. The molecule has 2 unspecified atom stereocenters. The van der Waals surface area contributed by atoms with E-state index in [4.69, 9.17) is 11.5 Å². The lowest BCUT2D eigenvalue weighted by molar-refractivity contribution is 0.164. The first-order valence-electron chi connectivity index (χ1n) is 11.2. The van der Waals surface area contributed by atoms with Crippen LogP contribution in [0, 0.1) is 5.41 Å². The topological polar surface area (TPSA) is 58.5 Å². The van der Waals surface area contributed by atoms with Crippen LogP contribution in [0.15, 0.2) is 48.5 Å². The number of nitrogens with zero attached hydrogens (tertiary/aromatic N) is 2. The van der Waals surface area contributed by atoms with Crippen LogP contribution in [0.4, 0.5) is 22.7 Å². The van der Waals surface area contributed by atoms with Gasteiger partial charge in [-0.1, -0.05) is 13.8 Å². The molecule has 2 heterocycles. The van der Waals surface area contributed by atoms with Gasteiger partial charge in [0.1, 0.15) is 0 Å². The molecule has 0 aliphatic carbocycles. The third-order valence-electron chi connectivity index (χ3n) is 7.17. The standard InChI is InChI=1S/C25H36N4/c1-25(2,23-7-3-5-17-28(23)21-13-9-19(26)10-14-21)24-8-4-6-18-29(24)22-15-11-20(27)12-16-22/h9-16,23-24H,3-8,17-18,26-27H2,1-2H3. The summed E-state index contributed by atoms with van der Waals surface area (Å²) in [5.74, 6) is 0. The van der Waals surface area contributed by atoms with Crippen molar-refractivity contribution in [3.05, 3.63) is 48.5 Å². The molecule has 4 rings (SSSR count). The van der Waals surface area contributed by atoms with Crippen LogP contribution in [0.2, 0.25) is 0 Å². The van der Waals surface area contributed by atoms with Crippen molar-refractivity contribution in [3.63, 3.8) is 0 Å². The van der Waals surface area contributed by atoms with Crippen LogP contribution in [-0.2, 0) is 0 Å². The zero-order chi connectivity index (χ0) is 20.4. The van der Waals surface area contributed by atoms with Crippen LogP contribution in [-0.4, -0.2) is 25.2 Å². The Morgan fingerprint density at radius 3 is 1.41 bits per heavy atom. The molecule has 2 aliphatic heterocycles. The molecular weight excluding hydrogens is 356 g/mol. The molecule has 2 fully saturated rings. The first-order chi connectivity index (χ1) is 14.0. The summed E-state index contributed by atoms with van der Waals surface area (Å²) in [5.41, 5.74) is 16.4. The van der Waals surface area contributed by atoms with Crippen LogP contribution in [0.25, 0.3) is 0 Å². The number of hydrogen-bond donors (Lipinski definition) is 2. The van der Waals surface area contributed by atoms with Crippen molar-refractivity contribution in [1.29, 1.82) is 0 Å². The Balaban J connectivity index is 1.64. The summed E-state index contributed by atoms with van der Waals surface area (Å²) >= 11 is 0. The molecule has 2 aromatic carbocycles. The van der Waals surface area contributed by atoms with Gasteiger partial charge >= 0.3 is 0 Å². The molecule has 2 saturated heterocycles. The minimum Gasteiger partial charge on any atom is -0.399 e. The van der Waals surface area contributed by atoms with Gasteiger partial charge in [-0.25, -0.2) is 0 Å². The Bertz CT molecular complexity index is 729. The maximum atomic E-state index is 5.95. The second-order valence-electron chi connectivity index (χ2n) is 9.41. The summed E-state index contributed by atoms with van der Waals surface area (Å²) < 4.78 is 0. The Kier molecular flexibility index (Phi) is 5.62. The summed E-state index contributed by atoms with van der Waals surface area (Å²) in [5, 5.41) is 0. The maximum Gasteiger partial charge on any atom is 0.0370 e. The molecule has 2 atom stereocenters. The van der Waals surface area contributed by atoms with Gasteiger partial charge in [0.15, 0.2) is 0 Å². The number of piperidine rings is 2. The van der Waals surface area contributed by atoms with Gasteiger partial charge in [0.25, 0.3) is 0 Å². The van der Waals surface area contributed by atoms with Gasteiger partial charge in [0, 0.05) is 53.3 Å². The highest BCUT2D eigenvalue weighted by atomic mass is 15.2. The normalized spacial score (nSPS) is 23.2. The van der Waals surface area contributed by atoms with Crippen molar-refractivity contribution in [2.24, 2.45) is 5.41 Å². The van der Waals surface area contributed by atoms with Gasteiger partial charge < -0.3 is 21.3 Å². The lowest BCUT2D eigenvalue weighted by atomic mass is 9.70. The van der Waals surface area contributed by atoms with Crippen LogP contribution >= 0.6 is 0 Å². The van der Waals surface area contributed by atoms with Gasteiger partial charge in [0.05, 0.1) is 0 Å². The van der Waals surface area contributed by atoms with Crippen molar-refractivity contribution in [2.45, 2.75) is 64.5 Å². The molecule has 0 radical (unpaired) electrons. The van der Waals surface area contributed by atoms with Gasteiger partial charge in [-0.2, -0.15) is 0 Å². The minimum atomic E-state index is 0.170. The molecule has 4 N–H and O–H groups in total. The molecule has 156 valence electrons. The van der Waals surface area contributed by atoms with Crippen molar-refractivity contribution in [3.8, 4) is 0 Å². The van der Waals surface area contributed by atoms with E-state index in [0.29, 0.717) is 12.1 Å². The predicted molar refractivity (Wildman–Crippen MR) is 125 cm³/mol. The zero-order valence-electron chi connectivity index (χ0n) is 18.0. The molecule has 4 heteroatoms. The molecule has 4 nitrogen and oxygen atoms in total. The Labute approximate surface area is 175 Å². The second kappa shape index (κ2) is 8.17. The molecular formula is C25H36N4. The molecule has 2 aliphatic rings. The molecule has 0 amide bonds. The largest absolute Gasteiger partial charge is 0.399 e. The quantitative estimate of drug-likeness (QED) is 0.694. The van der Waals surface area contributed by atoms with E-state index >= 15 is 0 Å². The average molecular weight is 393 g/mol. The summed E-state index contributed by atoms with van der Waals surface area (Å²) in [6.45, 7) is 7.25. The Hall–Kier alpha value is -2.36. The minimum absolute atomic E-state index is 0.170. The van der Waals surface area contributed by atoms with E-state index in [1.165, 1.54) is 49.9 Å². The van der Waals surface area contributed by atoms with Crippen LogP contribution < -0.4 is 21.3 Å². The fourth-order valence-corrected chi connectivity index (χ4v) is 5.58. The van der Waals surface area contributed by atoms with Gasteiger partial charge in [-0.3, -0.25) is 0 Å². The monoisotopic (exact) mass is 392 g/mol. The molecule has 0 aromatic heterocycles. The van der Waals surface area contributed by atoms with Crippen LogP contribution in [0.5, 0.6) is 0 Å². The summed E-state index contributed by atoms with van der Waals surface area (Å²) in [7, 11) is 0. The second-order valence-corrected chi connectivity index (χ2v) is 9.41. The van der Waals surface area contributed by atoms with E-state index < -0.39 is 0 Å². The fourth-order valence-electron chi connectivity index (χ4n) is 5.58. The number of nitrogen functional groups attached to an aromatic ring is 2. The zero-order valence-corrected chi connectivity index (χ0v) is 18.0. The third kappa shape index (κ3) is 4.03. The summed E-state index contributed by atoms with van der Waals surface area (Å²) in [6, 6.07) is 18.0. The molecule has 29 heavy (non-hydrogen) atoms. The fraction of sp³-hybridized carbons (Fsp3) is 0.520. The first kappa shape index (κ1) is 19.9. The van der Waals surface area contributed by atoms with E-state index in [1.807, 2.05) is 24.3 Å². The van der Waals surface area contributed by atoms with Crippen molar-refractivity contribution >= 4 is 22.7 Å². The lowest BCUT2D eigenvalue weighted by Crippen LogP contribution is -2.59. The smallest absolute Gasteiger partial charge is 0.0370 e. The maximum absolute atomic E-state index is 5.95. The average Bonchev–Trinajstić information content (AvgIpc) is 2.75. The highest BCUT2D eigenvalue weighted by molar-refractivity contribution is 5.56. The number of anilines is 4. The number of rotatable bonds is 4. The molecule has 0 spiro atoms. The van der Waals surface area contributed by atoms with E-state index in [9.17, 15) is 0 Å². The third-order valence-corrected chi connectivity index (χ3v) is 7.17. The van der Waals surface area contributed by atoms with Gasteiger partial charge in [0.2, 0.25) is 0 Å². The summed E-state index contributed by atoms with van der Waals surface area (Å²) in [4.78, 5) is 5.30. The van der Waals surface area contributed by atoms with Gasteiger partial charge in [-0.05, 0) is 87.1 Å². The number of benzene rings is 2. The number of hydrogen-bond acceptors (Lipinski definition) is 4. The molecule has 2 aromatic rings. The van der Waals surface area contributed by atoms with Crippen LogP contribution in [0.3, 0.4) is 0 Å².